The molecular weight excluding hydrogens is 392 g/mol. The van der Waals surface area contributed by atoms with E-state index in [0.29, 0.717) is 17.8 Å². The fourth-order valence-corrected chi connectivity index (χ4v) is 6.01. The van der Waals surface area contributed by atoms with Gasteiger partial charge in [0.15, 0.2) is 9.84 Å². The summed E-state index contributed by atoms with van der Waals surface area (Å²) in [6.45, 7) is 0.644. The minimum Gasteiger partial charge on any atom is -0.351 e. The van der Waals surface area contributed by atoms with Crippen LogP contribution in [0.25, 0.3) is 0 Å². The van der Waals surface area contributed by atoms with Gasteiger partial charge >= 0.3 is 0 Å². The van der Waals surface area contributed by atoms with Crippen LogP contribution in [0.5, 0.6) is 0 Å². The lowest BCUT2D eigenvalue weighted by atomic mass is 10.2. The highest BCUT2D eigenvalue weighted by Gasteiger charge is 2.34. The Bertz CT molecular complexity index is 845. The van der Waals surface area contributed by atoms with Gasteiger partial charge in [-0.3, -0.25) is 9.59 Å². The molecule has 3 heterocycles. The zero-order valence-electron chi connectivity index (χ0n) is 14.1. The molecule has 2 amide bonds. The Morgan fingerprint density at radius 1 is 1.19 bits per heavy atom. The standard InChI is InChI=1S/C17H20N2O4S3/c20-16(5-7-18-17(21)15-4-2-9-25-15)19(11-14-3-1-8-24-14)13-6-10-26(22,23)12-13/h1-4,8-9,13H,5-7,10-12H2,(H,18,21)/t13-/m1/s1. The molecule has 3 rings (SSSR count). The molecule has 6 nitrogen and oxygen atoms in total. The van der Waals surface area contributed by atoms with Gasteiger partial charge in [-0.05, 0) is 29.3 Å². The summed E-state index contributed by atoms with van der Waals surface area (Å²) in [6, 6.07) is 7.09. The van der Waals surface area contributed by atoms with Gasteiger partial charge in [0.25, 0.3) is 5.91 Å². The Labute approximate surface area is 160 Å². The third-order valence-electron chi connectivity index (χ3n) is 4.25. The van der Waals surface area contributed by atoms with Crippen LogP contribution in [0.15, 0.2) is 35.0 Å². The molecule has 1 atom stereocenters. The number of hydrogen-bond acceptors (Lipinski definition) is 6. The molecule has 1 fully saturated rings. The van der Waals surface area contributed by atoms with Gasteiger partial charge in [0.1, 0.15) is 0 Å². The lowest BCUT2D eigenvalue weighted by Gasteiger charge is -2.28. The number of rotatable bonds is 7. The van der Waals surface area contributed by atoms with Gasteiger partial charge in [-0.25, -0.2) is 8.42 Å². The van der Waals surface area contributed by atoms with Gasteiger partial charge in [-0.1, -0.05) is 12.1 Å². The van der Waals surface area contributed by atoms with Gasteiger partial charge in [-0.15, -0.1) is 22.7 Å². The van der Waals surface area contributed by atoms with Gasteiger partial charge in [0.05, 0.1) is 22.9 Å². The summed E-state index contributed by atoms with van der Waals surface area (Å²) in [7, 11) is -3.08. The van der Waals surface area contributed by atoms with E-state index in [-0.39, 0.29) is 42.3 Å². The molecule has 2 aromatic heterocycles. The van der Waals surface area contributed by atoms with Crippen LogP contribution in [0.1, 0.15) is 27.4 Å². The van der Waals surface area contributed by atoms with Crippen LogP contribution in [-0.2, 0) is 21.2 Å². The maximum absolute atomic E-state index is 12.7. The van der Waals surface area contributed by atoms with Crippen molar-refractivity contribution in [1.82, 2.24) is 10.2 Å². The van der Waals surface area contributed by atoms with Gasteiger partial charge in [-0.2, -0.15) is 0 Å². The smallest absolute Gasteiger partial charge is 0.261 e. The van der Waals surface area contributed by atoms with E-state index in [2.05, 4.69) is 5.32 Å². The predicted molar refractivity (Wildman–Crippen MR) is 103 cm³/mol. The van der Waals surface area contributed by atoms with Crippen molar-refractivity contribution in [2.45, 2.75) is 25.4 Å². The molecule has 140 valence electrons. The number of thiophene rings is 2. The third-order valence-corrected chi connectivity index (χ3v) is 7.73. The third kappa shape index (κ3) is 4.93. The average molecular weight is 413 g/mol. The second-order valence-corrected chi connectivity index (χ2v) is 10.3. The summed E-state index contributed by atoms with van der Waals surface area (Å²) in [6.07, 6.45) is 0.625. The molecule has 1 saturated heterocycles. The lowest BCUT2D eigenvalue weighted by Crippen LogP contribution is -2.41. The molecule has 9 heteroatoms. The van der Waals surface area contributed by atoms with Crippen molar-refractivity contribution in [2.75, 3.05) is 18.1 Å². The highest BCUT2D eigenvalue weighted by Crippen LogP contribution is 2.22. The lowest BCUT2D eigenvalue weighted by molar-refractivity contribution is -0.133. The highest BCUT2D eigenvalue weighted by molar-refractivity contribution is 7.91. The van der Waals surface area contributed by atoms with Crippen molar-refractivity contribution in [3.05, 3.63) is 44.8 Å². The number of sulfone groups is 1. The van der Waals surface area contributed by atoms with E-state index in [0.717, 1.165) is 4.88 Å². The quantitative estimate of drug-likeness (QED) is 0.755. The molecule has 1 aliphatic heterocycles. The first kappa shape index (κ1) is 19.1. The largest absolute Gasteiger partial charge is 0.351 e. The molecule has 2 aromatic rings. The molecular formula is C17H20N2O4S3. The molecule has 0 saturated carbocycles. The number of hydrogen-bond donors (Lipinski definition) is 1. The van der Waals surface area contributed by atoms with Crippen LogP contribution >= 0.6 is 22.7 Å². The molecule has 0 bridgehead atoms. The summed E-state index contributed by atoms with van der Waals surface area (Å²) in [5.41, 5.74) is 0. The number of nitrogens with one attached hydrogen (secondary N) is 1. The molecule has 1 aliphatic rings. The zero-order chi connectivity index (χ0) is 18.6. The summed E-state index contributed by atoms with van der Waals surface area (Å²) < 4.78 is 23.6. The van der Waals surface area contributed by atoms with E-state index in [1.165, 1.54) is 11.3 Å². The number of amides is 2. The van der Waals surface area contributed by atoms with Crippen LogP contribution in [0.2, 0.25) is 0 Å². The average Bonchev–Trinajstić information content (AvgIpc) is 3.34. The Kier molecular flexibility index (Phi) is 6.10. The van der Waals surface area contributed by atoms with Crippen LogP contribution in [0, 0.1) is 0 Å². The zero-order valence-corrected chi connectivity index (χ0v) is 16.5. The summed E-state index contributed by atoms with van der Waals surface area (Å²) in [5.74, 6) is -0.180. The molecule has 0 aromatic carbocycles. The van der Waals surface area contributed by atoms with E-state index < -0.39 is 9.84 Å². The van der Waals surface area contributed by atoms with E-state index >= 15 is 0 Å². The van der Waals surface area contributed by atoms with Crippen molar-refractivity contribution in [3.8, 4) is 0 Å². The van der Waals surface area contributed by atoms with Crippen molar-refractivity contribution in [2.24, 2.45) is 0 Å². The molecule has 1 N–H and O–H groups in total. The number of carbonyl (C=O) groups excluding carboxylic acids is 2. The van der Waals surface area contributed by atoms with Crippen LogP contribution in [0.4, 0.5) is 0 Å². The van der Waals surface area contributed by atoms with Crippen molar-refractivity contribution >= 4 is 44.3 Å². The number of carbonyl (C=O) groups is 2. The Morgan fingerprint density at radius 3 is 2.58 bits per heavy atom. The fourth-order valence-electron chi connectivity index (χ4n) is 2.93. The molecule has 0 unspecified atom stereocenters. The Morgan fingerprint density at radius 2 is 1.96 bits per heavy atom. The first-order chi connectivity index (χ1) is 12.4. The first-order valence-corrected chi connectivity index (χ1v) is 11.9. The van der Waals surface area contributed by atoms with Gasteiger partial charge in [0, 0.05) is 23.9 Å². The minimum atomic E-state index is -3.08. The van der Waals surface area contributed by atoms with Gasteiger partial charge in [0.2, 0.25) is 5.91 Å². The number of nitrogens with zero attached hydrogens (tertiary/aromatic N) is 1. The van der Waals surface area contributed by atoms with Crippen LogP contribution in [-0.4, -0.2) is 49.2 Å². The highest BCUT2D eigenvalue weighted by atomic mass is 32.2. The monoisotopic (exact) mass is 412 g/mol. The SMILES string of the molecule is O=C(NCCC(=O)N(Cc1cccs1)[C@@H]1CCS(=O)(=O)C1)c1cccs1. The maximum atomic E-state index is 12.7. The molecule has 0 spiro atoms. The minimum absolute atomic E-state index is 0.0195. The predicted octanol–water partition coefficient (Wildman–Crippen LogP) is 2.15. The summed E-state index contributed by atoms with van der Waals surface area (Å²) >= 11 is 2.89. The first-order valence-electron chi connectivity index (χ1n) is 8.28. The molecule has 26 heavy (non-hydrogen) atoms. The van der Waals surface area contributed by atoms with Crippen molar-refractivity contribution < 1.29 is 18.0 Å². The normalized spacial score (nSPS) is 18.5. The Balaban J connectivity index is 1.60. The van der Waals surface area contributed by atoms with Crippen molar-refractivity contribution in [3.63, 3.8) is 0 Å². The molecule has 0 radical (unpaired) electrons. The Hall–Kier alpha value is -1.71. The second kappa shape index (κ2) is 8.32. The summed E-state index contributed by atoms with van der Waals surface area (Å²) in [5, 5.41) is 6.50. The van der Waals surface area contributed by atoms with E-state index in [1.807, 2.05) is 22.9 Å². The van der Waals surface area contributed by atoms with Crippen LogP contribution < -0.4 is 5.32 Å². The topological polar surface area (TPSA) is 83.6 Å². The fraction of sp³-hybridized carbons (Fsp3) is 0.412. The van der Waals surface area contributed by atoms with E-state index in [4.69, 9.17) is 0 Å². The molecule has 0 aliphatic carbocycles. The maximum Gasteiger partial charge on any atom is 0.261 e. The van der Waals surface area contributed by atoms with Crippen LogP contribution in [0.3, 0.4) is 0 Å². The summed E-state index contributed by atoms with van der Waals surface area (Å²) in [4.78, 5) is 28.0. The second-order valence-electron chi connectivity index (χ2n) is 6.14. The van der Waals surface area contributed by atoms with Gasteiger partial charge < -0.3 is 10.2 Å². The van der Waals surface area contributed by atoms with E-state index in [9.17, 15) is 18.0 Å². The van der Waals surface area contributed by atoms with E-state index in [1.54, 1.807) is 28.4 Å². The van der Waals surface area contributed by atoms with Crippen molar-refractivity contribution in [1.29, 1.82) is 0 Å².